The van der Waals surface area contributed by atoms with Crippen LogP contribution in [0.5, 0.6) is 0 Å². The van der Waals surface area contributed by atoms with Gasteiger partial charge in [-0.15, -0.1) is 0 Å². The molecule has 19 heavy (non-hydrogen) atoms. The molecule has 2 N–H and O–H groups in total. The first-order valence-corrected chi connectivity index (χ1v) is 7.42. The lowest BCUT2D eigenvalue weighted by Gasteiger charge is -2.22. The maximum atomic E-state index is 9.95. The first-order chi connectivity index (χ1) is 8.94. The molecule has 0 radical (unpaired) electrons. The van der Waals surface area contributed by atoms with E-state index in [1.807, 2.05) is 0 Å². The van der Waals surface area contributed by atoms with Crippen LogP contribution >= 0.6 is 0 Å². The molecule has 2 nitrogen and oxygen atoms in total. The maximum absolute atomic E-state index is 9.95. The van der Waals surface area contributed by atoms with E-state index in [0.717, 1.165) is 18.9 Å². The zero-order chi connectivity index (χ0) is 13.9. The van der Waals surface area contributed by atoms with Crippen molar-refractivity contribution in [2.24, 2.45) is 5.41 Å². The molecule has 0 aromatic heterocycles. The molecule has 0 amide bonds. The fraction of sp³-hybridized carbons (Fsp3) is 0.647. The highest BCUT2D eigenvalue weighted by molar-refractivity contribution is 5.29. The Morgan fingerprint density at radius 2 is 2.05 bits per heavy atom. The van der Waals surface area contributed by atoms with Crippen molar-refractivity contribution in [2.75, 3.05) is 6.54 Å². The zero-order valence-corrected chi connectivity index (χ0v) is 12.4. The van der Waals surface area contributed by atoms with Gasteiger partial charge in [-0.1, -0.05) is 45.0 Å². The molecule has 1 saturated carbocycles. The predicted octanol–water partition coefficient (Wildman–Crippen LogP) is 3.45. The lowest BCUT2D eigenvalue weighted by atomic mass is 9.89. The van der Waals surface area contributed by atoms with Gasteiger partial charge in [-0.2, -0.15) is 0 Å². The van der Waals surface area contributed by atoms with Gasteiger partial charge in [-0.05, 0) is 41.7 Å². The van der Waals surface area contributed by atoms with Crippen molar-refractivity contribution in [1.29, 1.82) is 0 Å². The minimum absolute atomic E-state index is 0.187. The number of hydrogen-bond acceptors (Lipinski definition) is 2. The van der Waals surface area contributed by atoms with Crippen LogP contribution in [0.3, 0.4) is 0 Å². The van der Waals surface area contributed by atoms with Crippen LogP contribution in [-0.2, 0) is 6.54 Å². The summed E-state index contributed by atoms with van der Waals surface area (Å²) in [5.74, 6) is 0.812. The van der Waals surface area contributed by atoms with Gasteiger partial charge < -0.3 is 10.4 Å². The predicted molar refractivity (Wildman–Crippen MR) is 80.2 cm³/mol. The summed E-state index contributed by atoms with van der Waals surface area (Å²) in [6.45, 7) is 8.01. The second-order valence-electron chi connectivity index (χ2n) is 7.07. The van der Waals surface area contributed by atoms with Gasteiger partial charge in [0.05, 0.1) is 6.10 Å². The Morgan fingerprint density at radius 1 is 1.32 bits per heavy atom. The molecular weight excluding hydrogens is 234 g/mol. The Bertz CT molecular complexity index is 404. The largest absolute Gasteiger partial charge is 0.392 e. The minimum Gasteiger partial charge on any atom is -0.392 e. The van der Waals surface area contributed by atoms with E-state index in [0.29, 0.717) is 6.54 Å². The molecule has 1 aromatic rings. The van der Waals surface area contributed by atoms with Crippen LogP contribution in [0.25, 0.3) is 0 Å². The second-order valence-corrected chi connectivity index (χ2v) is 7.07. The summed E-state index contributed by atoms with van der Waals surface area (Å²) in [4.78, 5) is 0. The van der Waals surface area contributed by atoms with E-state index in [1.165, 1.54) is 24.0 Å². The normalized spacial score (nSPS) is 17.5. The topological polar surface area (TPSA) is 32.3 Å². The Hall–Kier alpha value is -0.860. The van der Waals surface area contributed by atoms with Gasteiger partial charge in [0, 0.05) is 13.1 Å². The molecule has 0 heterocycles. The Labute approximate surface area is 117 Å². The molecule has 1 aliphatic carbocycles. The van der Waals surface area contributed by atoms with Crippen molar-refractivity contribution in [2.45, 2.75) is 58.6 Å². The highest BCUT2D eigenvalue weighted by Gasteiger charge is 2.23. The number of rotatable bonds is 6. The van der Waals surface area contributed by atoms with E-state index < -0.39 is 0 Å². The Morgan fingerprint density at radius 3 is 2.68 bits per heavy atom. The van der Waals surface area contributed by atoms with Gasteiger partial charge in [0.1, 0.15) is 0 Å². The van der Waals surface area contributed by atoms with E-state index in [2.05, 4.69) is 50.4 Å². The third-order valence-electron chi connectivity index (χ3n) is 3.56. The summed E-state index contributed by atoms with van der Waals surface area (Å²) in [5.41, 5.74) is 2.99. The van der Waals surface area contributed by atoms with Crippen molar-refractivity contribution in [3.63, 3.8) is 0 Å². The fourth-order valence-electron chi connectivity index (χ4n) is 2.54. The molecule has 0 bridgehead atoms. The zero-order valence-electron chi connectivity index (χ0n) is 12.4. The second kappa shape index (κ2) is 6.06. The molecule has 106 valence electrons. The van der Waals surface area contributed by atoms with Crippen LogP contribution in [0.1, 0.15) is 57.1 Å². The average Bonchev–Trinajstić information content (AvgIpc) is 3.10. The lowest BCUT2D eigenvalue weighted by molar-refractivity contribution is 0.119. The molecule has 1 aliphatic rings. The average molecular weight is 261 g/mol. The summed E-state index contributed by atoms with van der Waals surface area (Å²) in [6.07, 6.45) is 3.27. The molecule has 1 atom stereocenters. The summed E-state index contributed by atoms with van der Waals surface area (Å²) in [7, 11) is 0. The first kappa shape index (κ1) is 14.5. The molecule has 0 aliphatic heterocycles. The third-order valence-corrected chi connectivity index (χ3v) is 3.56. The fourth-order valence-corrected chi connectivity index (χ4v) is 2.54. The molecule has 2 rings (SSSR count). The molecule has 1 aromatic carbocycles. The number of aliphatic hydroxyl groups is 1. The van der Waals surface area contributed by atoms with E-state index >= 15 is 0 Å². The minimum atomic E-state index is -0.258. The molecular formula is C17H27NO. The van der Waals surface area contributed by atoms with Crippen molar-refractivity contribution in [3.8, 4) is 0 Å². The molecule has 1 unspecified atom stereocenters. The summed E-state index contributed by atoms with van der Waals surface area (Å²) >= 11 is 0. The van der Waals surface area contributed by atoms with E-state index in [4.69, 9.17) is 0 Å². The smallest absolute Gasteiger partial charge is 0.0669 e. The van der Waals surface area contributed by atoms with Crippen molar-refractivity contribution < 1.29 is 5.11 Å². The van der Waals surface area contributed by atoms with Crippen LogP contribution in [0, 0.1) is 5.41 Å². The van der Waals surface area contributed by atoms with Gasteiger partial charge in [-0.25, -0.2) is 0 Å². The van der Waals surface area contributed by atoms with Gasteiger partial charge in [-0.3, -0.25) is 0 Å². The third kappa shape index (κ3) is 5.33. The van der Waals surface area contributed by atoms with Crippen LogP contribution < -0.4 is 5.32 Å². The molecule has 0 saturated heterocycles. The summed E-state index contributed by atoms with van der Waals surface area (Å²) < 4.78 is 0. The standard InChI is InChI=1S/C17H27NO/c1-17(2,3)10-16(19)12-18-11-13-5-4-6-15(9-13)14-7-8-14/h4-6,9,14,16,18-19H,7-8,10-12H2,1-3H3. The summed E-state index contributed by atoms with van der Waals surface area (Å²) in [6, 6.07) is 8.85. The molecule has 0 spiro atoms. The molecule has 1 fully saturated rings. The van der Waals surface area contributed by atoms with Crippen LogP contribution in [0.4, 0.5) is 0 Å². The van der Waals surface area contributed by atoms with Gasteiger partial charge >= 0.3 is 0 Å². The lowest BCUT2D eigenvalue weighted by Crippen LogP contribution is -2.29. The van der Waals surface area contributed by atoms with Crippen LogP contribution in [-0.4, -0.2) is 17.8 Å². The SMILES string of the molecule is CC(C)(C)CC(O)CNCc1cccc(C2CC2)c1. The van der Waals surface area contributed by atoms with Crippen LogP contribution in [0.15, 0.2) is 24.3 Å². The van der Waals surface area contributed by atoms with Crippen LogP contribution in [0.2, 0.25) is 0 Å². The Kier molecular flexibility index (Phi) is 4.64. The van der Waals surface area contributed by atoms with Crippen molar-refractivity contribution >= 4 is 0 Å². The quantitative estimate of drug-likeness (QED) is 0.822. The number of benzene rings is 1. The number of hydrogen-bond donors (Lipinski definition) is 2. The monoisotopic (exact) mass is 261 g/mol. The van der Waals surface area contributed by atoms with E-state index in [1.54, 1.807) is 0 Å². The van der Waals surface area contributed by atoms with Gasteiger partial charge in [0.15, 0.2) is 0 Å². The van der Waals surface area contributed by atoms with E-state index in [-0.39, 0.29) is 11.5 Å². The number of nitrogens with one attached hydrogen (secondary N) is 1. The maximum Gasteiger partial charge on any atom is 0.0669 e. The van der Waals surface area contributed by atoms with Gasteiger partial charge in [0.25, 0.3) is 0 Å². The summed E-state index contributed by atoms with van der Waals surface area (Å²) in [5, 5.41) is 13.3. The van der Waals surface area contributed by atoms with Crippen molar-refractivity contribution in [1.82, 2.24) is 5.32 Å². The highest BCUT2D eigenvalue weighted by Crippen LogP contribution is 2.40. The van der Waals surface area contributed by atoms with E-state index in [9.17, 15) is 5.11 Å². The van der Waals surface area contributed by atoms with Gasteiger partial charge in [0.2, 0.25) is 0 Å². The Balaban J connectivity index is 1.74. The first-order valence-electron chi connectivity index (χ1n) is 7.42. The van der Waals surface area contributed by atoms with Crippen molar-refractivity contribution in [3.05, 3.63) is 35.4 Å². The number of aliphatic hydroxyl groups excluding tert-OH is 1. The molecule has 2 heteroatoms. The highest BCUT2D eigenvalue weighted by atomic mass is 16.3.